The molecular weight excluding hydrogens is 298 g/mol. The lowest BCUT2D eigenvalue weighted by molar-refractivity contribution is -0.119. The van der Waals surface area contributed by atoms with E-state index in [2.05, 4.69) is 48.8 Å². The third-order valence-electron chi connectivity index (χ3n) is 2.07. The molecule has 0 radical (unpaired) electrons. The first-order valence-corrected chi connectivity index (χ1v) is 6.73. The molecule has 0 saturated heterocycles. The van der Waals surface area contributed by atoms with Gasteiger partial charge in [0, 0.05) is 19.3 Å². The fraction of sp³-hybridized carbons (Fsp3) is 0.545. The Morgan fingerprint density at radius 1 is 1.39 bits per heavy atom. The minimum absolute atomic E-state index is 0.0638. The normalized spacial score (nSPS) is 9.94. The Bertz CT molecular complexity index is 399. The van der Waals surface area contributed by atoms with E-state index < -0.39 is 0 Å². The monoisotopic (exact) mass is 315 g/mol. The second-order valence-electron chi connectivity index (χ2n) is 3.62. The molecule has 0 saturated carbocycles. The molecule has 100 valence electrons. The Morgan fingerprint density at radius 2 is 2.17 bits per heavy atom. The molecule has 3 N–H and O–H groups in total. The molecule has 0 aliphatic rings. The number of rotatable bonds is 7. The van der Waals surface area contributed by atoms with Gasteiger partial charge in [-0.2, -0.15) is 4.98 Å². The van der Waals surface area contributed by atoms with Gasteiger partial charge in [-0.1, -0.05) is 6.92 Å². The first-order valence-electron chi connectivity index (χ1n) is 5.94. The molecule has 0 bridgehead atoms. The van der Waals surface area contributed by atoms with Gasteiger partial charge in [0.15, 0.2) is 0 Å². The maximum atomic E-state index is 11.3. The van der Waals surface area contributed by atoms with Crippen molar-refractivity contribution in [1.29, 1.82) is 0 Å². The zero-order valence-corrected chi connectivity index (χ0v) is 12.2. The number of aromatic nitrogens is 2. The Labute approximate surface area is 115 Å². The maximum absolute atomic E-state index is 11.3. The van der Waals surface area contributed by atoms with Crippen molar-refractivity contribution < 1.29 is 4.79 Å². The van der Waals surface area contributed by atoms with E-state index in [4.69, 9.17) is 0 Å². The number of nitrogens with zero attached hydrogens (tertiary/aromatic N) is 2. The van der Waals surface area contributed by atoms with Gasteiger partial charge in [-0.05, 0) is 29.3 Å². The standard InChI is InChI=1S/C11H18BrN5O/c1-3-5-14-11-16-6-8(12)10(17-11)15-7-9(18)13-4-2/h6H,3-5,7H2,1-2H3,(H,13,18)(H2,14,15,16,17). The molecule has 6 nitrogen and oxygen atoms in total. The maximum Gasteiger partial charge on any atom is 0.239 e. The first-order chi connectivity index (χ1) is 8.67. The highest BCUT2D eigenvalue weighted by Crippen LogP contribution is 2.19. The Kier molecular flexibility index (Phi) is 6.42. The molecule has 1 rings (SSSR count). The van der Waals surface area contributed by atoms with E-state index in [1.165, 1.54) is 0 Å². The van der Waals surface area contributed by atoms with Crippen molar-refractivity contribution in [2.24, 2.45) is 0 Å². The van der Waals surface area contributed by atoms with Gasteiger partial charge in [0.25, 0.3) is 0 Å². The van der Waals surface area contributed by atoms with Crippen LogP contribution in [0.5, 0.6) is 0 Å². The molecule has 0 aliphatic heterocycles. The minimum Gasteiger partial charge on any atom is -0.360 e. The van der Waals surface area contributed by atoms with Crippen molar-refractivity contribution in [2.45, 2.75) is 20.3 Å². The molecule has 0 aliphatic carbocycles. The van der Waals surface area contributed by atoms with Crippen molar-refractivity contribution in [3.05, 3.63) is 10.7 Å². The number of carbonyl (C=O) groups is 1. The SMILES string of the molecule is CCCNc1ncc(Br)c(NCC(=O)NCC)n1. The molecular formula is C11H18BrN5O. The highest BCUT2D eigenvalue weighted by Gasteiger charge is 2.06. The van der Waals surface area contributed by atoms with Crippen molar-refractivity contribution in [2.75, 3.05) is 30.3 Å². The van der Waals surface area contributed by atoms with Gasteiger partial charge in [0.05, 0.1) is 11.0 Å². The summed E-state index contributed by atoms with van der Waals surface area (Å²) in [5, 5.41) is 8.76. The molecule has 7 heteroatoms. The second kappa shape index (κ2) is 7.86. The van der Waals surface area contributed by atoms with Crippen LogP contribution in [0.15, 0.2) is 10.7 Å². The zero-order chi connectivity index (χ0) is 13.4. The summed E-state index contributed by atoms with van der Waals surface area (Å²) in [6.07, 6.45) is 2.66. The van der Waals surface area contributed by atoms with Gasteiger partial charge < -0.3 is 16.0 Å². The summed E-state index contributed by atoms with van der Waals surface area (Å²) in [6, 6.07) is 0. The number of anilines is 2. The van der Waals surface area contributed by atoms with Crippen LogP contribution >= 0.6 is 15.9 Å². The van der Waals surface area contributed by atoms with Gasteiger partial charge in [-0.25, -0.2) is 4.98 Å². The van der Waals surface area contributed by atoms with E-state index in [-0.39, 0.29) is 12.5 Å². The lowest BCUT2D eigenvalue weighted by Gasteiger charge is -2.09. The predicted octanol–water partition coefficient (Wildman–Crippen LogP) is 1.61. The van der Waals surface area contributed by atoms with Crippen LogP contribution in [0.1, 0.15) is 20.3 Å². The van der Waals surface area contributed by atoms with Crippen LogP contribution < -0.4 is 16.0 Å². The molecule has 0 spiro atoms. The van der Waals surface area contributed by atoms with Crippen molar-refractivity contribution >= 4 is 33.6 Å². The van der Waals surface area contributed by atoms with E-state index >= 15 is 0 Å². The summed E-state index contributed by atoms with van der Waals surface area (Å²) < 4.78 is 0.730. The fourth-order valence-corrected chi connectivity index (χ4v) is 1.57. The largest absolute Gasteiger partial charge is 0.360 e. The number of amides is 1. The highest BCUT2D eigenvalue weighted by molar-refractivity contribution is 9.10. The lowest BCUT2D eigenvalue weighted by Crippen LogP contribution is -2.29. The fourth-order valence-electron chi connectivity index (χ4n) is 1.24. The number of hydrogen-bond acceptors (Lipinski definition) is 5. The van der Waals surface area contributed by atoms with Crippen molar-refractivity contribution in [1.82, 2.24) is 15.3 Å². The zero-order valence-electron chi connectivity index (χ0n) is 10.6. The van der Waals surface area contributed by atoms with Gasteiger partial charge in [-0.3, -0.25) is 4.79 Å². The molecule has 18 heavy (non-hydrogen) atoms. The first kappa shape index (κ1) is 14.7. The van der Waals surface area contributed by atoms with Crippen molar-refractivity contribution in [3.63, 3.8) is 0 Å². The summed E-state index contributed by atoms with van der Waals surface area (Å²) in [5.41, 5.74) is 0. The highest BCUT2D eigenvalue weighted by atomic mass is 79.9. The van der Waals surface area contributed by atoms with Crippen molar-refractivity contribution in [3.8, 4) is 0 Å². The van der Waals surface area contributed by atoms with Gasteiger partial charge >= 0.3 is 0 Å². The van der Waals surface area contributed by atoms with Crippen LogP contribution in [0, 0.1) is 0 Å². The smallest absolute Gasteiger partial charge is 0.239 e. The predicted molar refractivity (Wildman–Crippen MR) is 75.7 cm³/mol. The summed E-state index contributed by atoms with van der Waals surface area (Å²) in [4.78, 5) is 19.7. The summed E-state index contributed by atoms with van der Waals surface area (Å²) in [6.45, 7) is 5.58. The lowest BCUT2D eigenvalue weighted by atomic mass is 10.5. The van der Waals surface area contributed by atoms with Crippen LogP contribution in [0.25, 0.3) is 0 Å². The number of halogens is 1. The average Bonchev–Trinajstić information content (AvgIpc) is 2.36. The number of likely N-dealkylation sites (N-methyl/N-ethyl adjacent to an activating group) is 1. The van der Waals surface area contributed by atoms with Crippen LogP contribution in [-0.2, 0) is 4.79 Å². The average molecular weight is 316 g/mol. The van der Waals surface area contributed by atoms with E-state index in [1.807, 2.05) is 6.92 Å². The third kappa shape index (κ3) is 4.87. The third-order valence-corrected chi connectivity index (χ3v) is 2.65. The number of carbonyl (C=O) groups excluding carboxylic acids is 1. The molecule has 1 heterocycles. The van der Waals surface area contributed by atoms with Gasteiger partial charge in [0.2, 0.25) is 11.9 Å². The summed E-state index contributed by atoms with van der Waals surface area (Å²) >= 11 is 3.34. The Hall–Kier alpha value is -1.37. The number of nitrogens with one attached hydrogen (secondary N) is 3. The number of hydrogen-bond donors (Lipinski definition) is 3. The van der Waals surface area contributed by atoms with Crippen LogP contribution in [0.3, 0.4) is 0 Å². The van der Waals surface area contributed by atoms with Crippen LogP contribution in [0.2, 0.25) is 0 Å². The molecule has 1 aromatic heterocycles. The molecule has 0 aromatic carbocycles. The summed E-state index contributed by atoms with van der Waals surface area (Å²) in [7, 11) is 0. The molecule has 1 aromatic rings. The van der Waals surface area contributed by atoms with E-state index in [9.17, 15) is 4.79 Å². The summed E-state index contributed by atoms with van der Waals surface area (Å²) in [5.74, 6) is 1.10. The molecule has 0 atom stereocenters. The molecule has 0 fully saturated rings. The molecule has 1 amide bonds. The minimum atomic E-state index is -0.0638. The van der Waals surface area contributed by atoms with Gasteiger partial charge in [-0.15, -0.1) is 0 Å². The van der Waals surface area contributed by atoms with Crippen LogP contribution in [-0.4, -0.2) is 35.5 Å². The Morgan fingerprint density at radius 3 is 2.83 bits per heavy atom. The Balaban J connectivity index is 2.60. The second-order valence-corrected chi connectivity index (χ2v) is 4.48. The quantitative estimate of drug-likeness (QED) is 0.712. The van der Waals surface area contributed by atoms with Crippen LogP contribution in [0.4, 0.5) is 11.8 Å². The topological polar surface area (TPSA) is 78.9 Å². The molecule has 0 unspecified atom stereocenters. The van der Waals surface area contributed by atoms with E-state index in [1.54, 1.807) is 6.20 Å². The van der Waals surface area contributed by atoms with E-state index in [0.29, 0.717) is 18.3 Å². The van der Waals surface area contributed by atoms with Gasteiger partial charge in [0.1, 0.15) is 5.82 Å². The van der Waals surface area contributed by atoms with E-state index in [0.717, 1.165) is 17.4 Å².